The lowest BCUT2D eigenvalue weighted by Gasteiger charge is -2.23. The van der Waals surface area contributed by atoms with Gasteiger partial charge in [-0.2, -0.15) is 0 Å². The Hall–Kier alpha value is -2.51. The van der Waals surface area contributed by atoms with E-state index < -0.39 is 0 Å². The highest BCUT2D eigenvalue weighted by atomic mass is 16.7. The minimum Gasteiger partial charge on any atom is -0.505 e. The first kappa shape index (κ1) is 14.1. The average molecular weight is 313 g/mol. The second-order valence-electron chi connectivity index (χ2n) is 5.45. The molecule has 118 valence electrons. The van der Waals surface area contributed by atoms with Crippen molar-refractivity contribution in [2.75, 3.05) is 13.2 Å². The SMILES string of the molecule is O=Nc1c2ccccc2c(O)c2c1ncn2CC1OCCCO1. The molecule has 0 unspecified atom stereocenters. The number of hydrogen-bond donors (Lipinski definition) is 1. The molecule has 7 heteroatoms. The van der Waals surface area contributed by atoms with E-state index in [1.165, 1.54) is 0 Å². The minimum absolute atomic E-state index is 0.0799. The van der Waals surface area contributed by atoms with Gasteiger partial charge in [0, 0.05) is 10.8 Å². The quantitative estimate of drug-likeness (QED) is 0.751. The lowest BCUT2D eigenvalue weighted by molar-refractivity contribution is -0.184. The van der Waals surface area contributed by atoms with Crippen LogP contribution in [0.15, 0.2) is 35.8 Å². The molecule has 1 saturated heterocycles. The Morgan fingerprint density at radius 1 is 1.26 bits per heavy atom. The van der Waals surface area contributed by atoms with Gasteiger partial charge >= 0.3 is 0 Å². The molecule has 0 bridgehead atoms. The van der Waals surface area contributed by atoms with Crippen molar-refractivity contribution in [1.29, 1.82) is 0 Å². The molecule has 0 spiro atoms. The summed E-state index contributed by atoms with van der Waals surface area (Å²) in [4.78, 5) is 15.6. The van der Waals surface area contributed by atoms with Crippen molar-refractivity contribution < 1.29 is 14.6 Å². The fraction of sp³-hybridized carbons (Fsp3) is 0.312. The number of hydrogen-bond acceptors (Lipinski definition) is 6. The van der Waals surface area contributed by atoms with E-state index in [9.17, 15) is 10.0 Å². The predicted molar refractivity (Wildman–Crippen MR) is 84.7 cm³/mol. The second-order valence-corrected chi connectivity index (χ2v) is 5.45. The van der Waals surface area contributed by atoms with Crippen molar-refractivity contribution in [1.82, 2.24) is 9.55 Å². The van der Waals surface area contributed by atoms with Gasteiger partial charge in [0.1, 0.15) is 22.5 Å². The van der Waals surface area contributed by atoms with Crippen LogP contribution in [0.2, 0.25) is 0 Å². The highest BCUT2D eigenvalue weighted by Gasteiger charge is 2.21. The molecule has 2 heterocycles. The summed E-state index contributed by atoms with van der Waals surface area (Å²) in [6.45, 7) is 1.68. The van der Waals surface area contributed by atoms with Gasteiger partial charge in [-0.25, -0.2) is 4.98 Å². The topological polar surface area (TPSA) is 85.9 Å². The third-order valence-electron chi connectivity index (χ3n) is 4.06. The van der Waals surface area contributed by atoms with Crippen molar-refractivity contribution >= 4 is 27.5 Å². The smallest absolute Gasteiger partial charge is 0.175 e. The molecule has 1 fully saturated rings. The first-order chi connectivity index (χ1) is 11.3. The molecular formula is C16H15N3O4. The monoisotopic (exact) mass is 313 g/mol. The van der Waals surface area contributed by atoms with Gasteiger partial charge in [-0.05, 0) is 11.6 Å². The van der Waals surface area contributed by atoms with Crippen LogP contribution in [0, 0.1) is 4.91 Å². The normalized spacial score (nSPS) is 16.2. The molecule has 1 aliphatic heterocycles. The zero-order chi connectivity index (χ0) is 15.8. The Morgan fingerprint density at radius 3 is 2.74 bits per heavy atom. The fourth-order valence-electron chi connectivity index (χ4n) is 2.99. The Bertz CT molecular complexity index is 884. The maximum absolute atomic E-state index is 11.3. The summed E-state index contributed by atoms with van der Waals surface area (Å²) in [5.41, 5.74) is 1.08. The molecule has 3 aromatic rings. The lowest BCUT2D eigenvalue weighted by atomic mass is 10.1. The molecule has 0 aliphatic carbocycles. The van der Waals surface area contributed by atoms with Crippen molar-refractivity contribution in [3.63, 3.8) is 0 Å². The molecule has 0 radical (unpaired) electrons. The van der Waals surface area contributed by atoms with Gasteiger partial charge in [0.15, 0.2) is 6.29 Å². The van der Waals surface area contributed by atoms with Gasteiger partial charge in [0.25, 0.3) is 0 Å². The second kappa shape index (κ2) is 5.60. The van der Waals surface area contributed by atoms with E-state index >= 15 is 0 Å². The molecule has 23 heavy (non-hydrogen) atoms. The van der Waals surface area contributed by atoms with Crippen LogP contribution in [0.5, 0.6) is 5.75 Å². The summed E-state index contributed by atoms with van der Waals surface area (Å²) in [5.74, 6) is 0.0799. The van der Waals surface area contributed by atoms with Crippen molar-refractivity contribution in [3.05, 3.63) is 35.5 Å². The molecule has 1 N–H and O–H groups in total. The summed E-state index contributed by atoms with van der Waals surface area (Å²) in [6.07, 6.45) is 2.05. The first-order valence-electron chi connectivity index (χ1n) is 7.44. The van der Waals surface area contributed by atoms with Crippen LogP contribution in [0.4, 0.5) is 5.69 Å². The number of nitrogens with zero attached hydrogens (tertiary/aromatic N) is 3. The summed E-state index contributed by atoms with van der Waals surface area (Å²) in [6, 6.07) is 7.10. The summed E-state index contributed by atoms with van der Waals surface area (Å²) < 4.78 is 12.8. The van der Waals surface area contributed by atoms with Crippen LogP contribution in [-0.4, -0.2) is 34.2 Å². The maximum Gasteiger partial charge on any atom is 0.175 e. The number of imidazole rings is 1. The first-order valence-corrected chi connectivity index (χ1v) is 7.44. The predicted octanol–water partition coefficient (Wildman–Crippen LogP) is 3.06. The highest BCUT2D eigenvalue weighted by Crippen LogP contribution is 2.41. The highest BCUT2D eigenvalue weighted by molar-refractivity contribution is 6.12. The van der Waals surface area contributed by atoms with Crippen LogP contribution in [0.1, 0.15) is 6.42 Å². The number of nitroso groups, excluding NO2 is 1. The number of fused-ring (bicyclic) bond motifs is 2. The van der Waals surface area contributed by atoms with Crippen LogP contribution in [0.25, 0.3) is 21.8 Å². The van der Waals surface area contributed by atoms with E-state index in [-0.39, 0.29) is 17.7 Å². The molecule has 4 rings (SSSR count). The van der Waals surface area contributed by atoms with Gasteiger partial charge in [0.2, 0.25) is 0 Å². The molecule has 1 aromatic heterocycles. The molecular weight excluding hydrogens is 298 g/mol. The third kappa shape index (κ3) is 2.25. The number of ether oxygens (including phenoxy) is 2. The number of benzene rings is 2. The number of aromatic nitrogens is 2. The van der Waals surface area contributed by atoms with E-state index in [2.05, 4.69) is 10.2 Å². The van der Waals surface area contributed by atoms with Crippen molar-refractivity contribution in [2.24, 2.45) is 5.18 Å². The van der Waals surface area contributed by atoms with Crippen LogP contribution < -0.4 is 0 Å². The molecule has 0 amide bonds. The van der Waals surface area contributed by atoms with Crippen LogP contribution in [0.3, 0.4) is 0 Å². The number of phenolic OH excluding ortho intramolecular Hbond substituents is 1. The molecule has 0 saturated carbocycles. The molecule has 0 atom stereocenters. The third-order valence-corrected chi connectivity index (χ3v) is 4.06. The van der Waals surface area contributed by atoms with Gasteiger partial charge < -0.3 is 19.1 Å². The Kier molecular flexibility index (Phi) is 3.44. The molecule has 7 nitrogen and oxygen atoms in total. The Morgan fingerprint density at radius 2 is 2.00 bits per heavy atom. The molecule has 2 aromatic carbocycles. The number of phenols is 1. The Labute approximate surface area is 131 Å². The zero-order valence-corrected chi connectivity index (χ0v) is 12.3. The van der Waals surface area contributed by atoms with E-state index in [1.807, 2.05) is 0 Å². The summed E-state index contributed by atoms with van der Waals surface area (Å²) >= 11 is 0. The maximum atomic E-state index is 11.3. The van der Waals surface area contributed by atoms with Gasteiger partial charge in [-0.15, -0.1) is 4.91 Å². The van der Waals surface area contributed by atoms with Gasteiger partial charge in [-0.3, -0.25) is 0 Å². The Balaban J connectivity index is 1.90. The van der Waals surface area contributed by atoms with E-state index in [4.69, 9.17) is 9.47 Å². The van der Waals surface area contributed by atoms with E-state index in [0.29, 0.717) is 41.6 Å². The lowest BCUT2D eigenvalue weighted by Crippen LogP contribution is -2.28. The van der Waals surface area contributed by atoms with Crippen LogP contribution >= 0.6 is 0 Å². The fourth-order valence-corrected chi connectivity index (χ4v) is 2.99. The van der Waals surface area contributed by atoms with Crippen molar-refractivity contribution in [3.8, 4) is 5.75 Å². The number of rotatable bonds is 3. The largest absolute Gasteiger partial charge is 0.505 e. The van der Waals surface area contributed by atoms with E-state index in [0.717, 1.165) is 6.42 Å². The minimum atomic E-state index is -0.389. The molecule has 1 aliphatic rings. The van der Waals surface area contributed by atoms with Gasteiger partial charge in [0.05, 0.1) is 26.1 Å². The number of aromatic hydroxyl groups is 1. The van der Waals surface area contributed by atoms with Crippen LogP contribution in [-0.2, 0) is 16.0 Å². The summed E-state index contributed by atoms with van der Waals surface area (Å²) in [5, 5.41) is 14.9. The van der Waals surface area contributed by atoms with Crippen molar-refractivity contribution in [2.45, 2.75) is 19.3 Å². The van der Waals surface area contributed by atoms with E-state index in [1.54, 1.807) is 35.2 Å². The average Bonchev–Trinajstić information content (AvgIpc) is 3.00. The standard InChI is InChI=1S/C16H15N3O4/c20-16-11-5-2-1-4-10(11)13(18-21)14-15(16)19(9-17-14)8-12-22-6-3-7-23-12/h1-2,4-5,9,12,20H,3,6-8H2. The zero-order valence-electron chi connectivity index (χ0n) is 12.3. The van der Waals surface area contributed by atoms with Gasteiger partial charge in [-0.1, -0.05) is 24.3 Å². The summed E-state index contributed by atoms with van der Waals surface area (Å²) in [7, 11) is 0.